The van der Waals surface area contributed by atoms with Crippen molar-refractivity contribution in [2.75, 3.05) is 18.4 Å². The molecule has 5 nitrogen and oxygen atoms in total. The van der Waals surface area contributed by atoms with E-state index in [9.17, 15) is 4.79 Å². The number of anilines is 1. The van der Waals surface area contributed by atoms with Gasteiger partial charge in [0.25, 0.3) is 0 Å². The molecule has 0 aliphatic carbocycles. The number of piperidine rings is 1. The van der Waals surface area contributed by atoms with Crippen molar-refractivity contribution >= 4 is 47.7 Å². The van der Waals surface area contributed by atoms with Gasteiger partial charge in [0.15, 0.2) is 0 Å². The van der Waals surface area contributed by atoms with Gasteiger partial charge in [0.1, 0.15) is 5.01 Å². The number of thiazole rings is 1. The Morgan fingerprint density at radius 3 is 2.70 bits per heavy atom. The molecule has 1 fully saturated rings. The molecule has 0 spiro atoms. The van der Waals surface area contributed by atoms with Gasteiger partial charge < -0.3 is 11.1 Å². The van der Waals surface area contributed by atoms with Crippen molar-refractivity contribution in [3.8, 4) is 0 Å². The van der Waals surface area contributed by atoms with Crippen LogP contribution in [0.5, 0.6) is 0 Å². The van der Waals surface area contributed by atoms with E-state index in [0.717, 1.165) is 42.4 Å². The summed E-state index contributed by atoms with van der Waals surface area (Å²) in [6, 6.07) is 9.77. The molecule has 1 aliphatic heterocycles. The standard InChI is InChI=1S/C19H26N4OS.2ClH/c1-19(2)13-23(9-8-16(19)20)11-15-12-25-18(22-15)10-17(24)21-14-6-4-3-5-7-14;;/h3-7,12,16H,8-11,13,20H2,1-2H3,(H,21,24);2*1H. The molecular weight excluding hydrogens is 403 g/mol. The number of hydrogen-bond acceptors (Lipinski definition) is 5. The summed E-state index contributed by atoms with van der Waals surface area (Å²) in [5.41, 5.74) is 8.19. The average Bonchev–Trinajstić information content (AvgIpc) is 2.98. The number of aromatic nitrogens is 1. The van der Waals surface area contributed by atoms with Crippen LogP contribution >= 0.6 is 36.2 Å². The van der Waals surface area contributed by atoms with E-state index >= 15 is 0 Å². The summed E-state index contributed by atoms with van der Waals surface area (Å²) in [6.45, 7) is 7.27. The van der Waals surface area contributed by atoms with E-state index in [4.69, 9.17) is 5.73 Å². The minimum absolute atomic E-state index is 0. The number of likely N-dealkylation sites (tertiary alicyclic amines) is 1. The predicted molar refractivity (Wildman–Crippen MR) is 117 cm³/mol. The molecular formula is C19H28Cl2N4OS. The molecule has 3 rings (SSSR count). The van der Waals surface area contributed by atoms with Gasteiger partial charge in [-0.05, 0) is 24.0 Å². The van der Waals surface area contributed by atoms with Gasteiger partial charge in [0.05, 0.1) is 12.1 Å². The fourth-order valence-corrected chi connectivity index (χ4v) is 4.00. The molecule has 3 N–H and O–H groups in total. The zero-order valence-corrected chi connectivity index (χ0v) is 18.1. The normalized spacial score (nSPS) is 18.9. The van der Waals surface area contributed by atoms with Gasteiger partial charge >= 0.3 is 0 Å². The molecule has 27 heavy (non-hydrogen) atoms. The van der Waals surface area contributed by atoms with Crippen LogP contribution in [0.25, 0.3) is 0 Å². The Balaban J connectivity index is 0.00000182. The molecule has 1 atom stereocenters. The molecule has 2 heterocycles. The molecule has 8 heteroatoms. The molecule has 0 bridgehead atoms. The van der Waals surface area contributed by atoms with Crippen LogP contribution in [0, 0.1) is 5.41 Å². The molecule has 0 saturated carbocycles. The number of nitrogens with one attached hydrogen (secondary N) is 1. The van der Waals surface area contributed by atoms with Crippen LogP contribution < -0.4 is 11.1 Å². The maximum atomic E-state index is 12.1. The molecule has 1 amide bonds. The highest BCUT2D eigenvalue weighted by Crippen LogP contribution is 2.28. The number of carbonyl (C=O) groups excluding carboxylic acids is 1. The third-order valence-electron chi connectivity index (χ3n) is 4.75. The lowest BCUT2D eigenvalue weighted by molar-refractivity contribution is -0.115. The monoisotopic (exact) mass is 430 g/mol. The number of nitrogens with zero attached hydrogens (tertiary/aromatic N) is 2. The van der Waals surface area contributed by atoms with Gasteiger partial charge in [-0.2, -0.15) is 0 Å². The average molecular weight is 431 g/mol. The Labute approximate surface area is 177 Å². The zero-order chi connectivity index (χ0) is 17.9. The second-order valence-electron chi connectivity index (χ2n) is 7.42. The topological polar surface area (TPSA) is 71.2 Å². The fraction of sp³-hybridized carbons (Fsp3) is 0.474. The second kappa shape index (κ2) is 10.4. The quantitative estimate of drug-likeness (QED) is 0.757. The Morgan fingerprint density at radius 2 is 2.04 bits per heavy atom. The Hall–Kier alpha value is -1.18. The van der Waals surface area contributed by atoms with E-state index in [1.165, 1.54) is 0 Å². The molecule has 1 aromatic carbocycles. The lowest BCUT2D eigenvalue weighted by Gasteiger charge is -2.42. The lowest BCUT2D eigenvalue weighted by atomic mass is 9.80. The van der Waals surface area contributed by atoms with Crippen LogP contribution in [0.2, 0.25) is 0 Å². The van der Waals surface area contributed by atoms with Crippen LogP contribution in [-0.2, 0) is 17.8 Å². The molecule has 2 aromatic rings. The molecule has 1 saturated heterocycles. The van der Waals surface area contributed by atoms with E-state index in [1.54, 1.807) is 11.3 Å². The summed E-state index contributed by atoms with van der Waals surface area (Å²) < 4.78 is 0. The largest absolute Gasteiger partial charge is 0.327 e. The van der Waals surface area contributed by atoms with Gasteiger partial charge in [0, 0.05) is 36.7 Å². The van der Waals surface area contributed by atoms with Crippen molar-refractivity contribution in [1.29, 1.82) is 0 Å². The smallest absolute Gasteiger partial charge is 0.231 e. The molecule has 1 aliphatic rings. The highest BCUT2D eigenvalue weighted by Gasteiger charge is 2.33. The summed E-state index contributed by atoms with van der Waals surface area (Å²) in [6.07, 6.45) is 1.33. The summed E-state index contributed by atoms with van der Waals surface area (Å²) in [5.74, 6) is -0.0304. The van der Waals surface area contributed by atoms with Gasteiger partial charge in [-0.25, -0.2) is 4.98 Å². The number of nitrogens with two attached hydrogens (primary N) is 1. The van der Waals surface area contributed by atoms with Crippen molar-refractivity contribution in [3.05, 3.63) is 46.4 Å². The first-order valence-electron chi connectivity index (χ1n) is 8.68. The van der Waals surface area contributed by atoms with Gasteiger partial charge in [-0.1, -0.05) is 32.0 Å². The zero-order valence-electron chi connectivity index (χ0n) is 15.7. The van der Waals surface area contributed by atoms with Crippen molar-refractivity contribution < 1.29 is 4.79 Å². The van der Waals surface area contributed by atoms with Gasteiger partial charge in [0.2, 0.25) is 5.91 Å². The first-order chi connectivity index (χ1) is 11.9. The van der Waals surface area contributed by atoms with E-state index < -0.39 is 0 Å². The number of amides is 1. The van der Waals surface area contributed by atoms with Crippen molar-refractivity contribution in [1.82, 2.24) is 9.88 Å². The van der Waals surface area contributed by atoms with Crippen molar-refractivity contribution in [2.45, 2.75) is 39.3 Å². The Morgan fingerprint density at radius 1 is 1.33 bits per heavy atom. The van der Waals surface area contributed by atoms with E-state index in [0.29, 0.717) is 6.42 Å². The molecule has 0 radical (unpaired) electrons. The molecule has 150 valence electrons. The SMILES string of the molecule is CC1(C)CN(Cc2csc(CC(=O)Nc3ccccc3)n2)CCC1N.Cl.Cl. The highest BCUT2D eigenvalue weighted by molar-refractivity contribution is 7.09. The number of carbonyl (C=O) groups is 1. The molecule has 1 unspecified atom stereocenters. The second-order valence-corrected chi connectivity index (χ2v) is 8.36. The van der Waals surface area contributed by atoms with Crippen molar-refractivity contribution in [2.24, 2.45) is 11.1 Å². The van der Waals surface area contributed by atoms with Gasteiger partial charge in [-0.3, -0.25) is 9.69 Å². The maximum absolute atomic E-state index is 12.1. The maximum Gasteiger partial charge on any atom is 0.231 e. The molecule has 1 aromatic heterocycles. The van der Waals surface area contributed by atoms with Crippen LogP contribution in [0.4, 0.5) is 5.69 Å². The van der Waals surface area contributed by atoms with Gasteiger partial charge in [-0.15, -0.1) is 36.2 Å². The number of para-hydroxylation sites is 1. The predicted octanol–water partition coefficient (Wildman–Crippen LogP) is 3.73. The third-order valence-corrected chi connectivity index (χ3v) is 5.64. The Bertz CT molecular complexity index is 724. The third kappa shape index (κ3) is 6.73. The number of hydrogen-bond donors (Lipinski definition) is 2. The Kier molecular flexibility index (Phi) is 9.18. The van der Waals surface area contributed by atoms with Crippen molar-refractivity contribution in [3.63, 3.8) is 0 Å². The number of benzene rings is 1. The fourth-order valence-electron chi connectivity index (χ4n) is 3.22. The van der Waals surface area contributed by atoms with Crippen LogP contribution in [-0.4, -0.2) is 34.9 Å². The number of halogens is 2. The first kappa shape index (κ1) is 23.9. The van der Waals surface area contributed by atoms with E-state index in [2.05, 4.69) is 34.4 Å². The summed E-state index contributed by atoms with van der Waals surface area (Å²) in [7, 11) is 0. The minimum atomic E-state index is -0.0304. The summed E-state index contributed by atoms with van der Waals surface area (Å²) in [4.78, 5) is 19.2. The minimum Gasteiger partial charge on any atom is -0.327 e. The van der Waals surface area contributed by atoms with E-state index in [1.807, 2.05) is 30.3 Å². The van der Waals surface area contributed by atoms with Crippen LogP contribution in [0.15, 0.2) is 35.7 Å². The van der Waals surface area contributed by atoms with Crippen LogP contribution in [0.1, 0.15) is 31.0 Å². The van der Waals surface area contributed by atoms with Crippen LogP contribution in [0.3, 0.4) is 0 Å². The first-order valence-corrected chi connectivity index (χ1v) is 9.56. The number of rotatable bonds is 5. The summed E-state index contributed by atoms with van der Waals surface area (Å²) >= 11 is 1.55. The highest BCUT2D eigenvalue weighted by atomic mass is 35.5. The lowest BCUT2D eigenvalue weighted by Crippen LogP contribution is -2.52. The van der Waals surface area contributed by atoms with E-state index in [-0.39, 0.29) is 42.2 Å². The summed E-state index contributed by atoms with van der Waals surface area (Å²) in [5, 5.41) is 5.82.